The van der Waals surface area contributed by atoms with Crippen molar-refractivity contribution in [3.63, 3.8) is 0 Å². The van der Waals surface area contributed by atoms with Gasteiger partial charge >= 0.3 is 0 Å². The first-order valence-corrected chi connectivity index (χ1v) is 9.57. The second kappa shape index (κ2) is 8.64. The number of primary amides is 1. The van der Waals surface area contributed by atoms with Gasteiger partial charge in [-0.05, 0) is 50.3 Å². The molecule has 1 heterocycles. The SMILES string of the molecule is NC(=O)C1CCN(CCC(=O)N[C@H](c2ccccc2)C2CC(O)C2)CC1. The van der Waals surface area contributed by atoms with Crippen LogP contribution in [0.25, 0.3) is 0 Å². The van der Waals surface area contributed by atoms with Crippen molar-refractivity contribution in [3.8, 4) is 0 Å². The second-order valence-corrected chi connectivity index (χ2v) is 7.61. The Balaban J connectivity index is 1.48. The van der Waals surface area contributed by atoms with Gasteiger partial charge in [-0.1, -0.05) is 30.3 Å². The first-order valence-electron chi connectivity index (χ1n) is 9.57. The first kappa shape index (κ1) is 18.9. The molecule has 3 rings (SSSR count). The van der Waals surface area contributed by atoms with Gasteiger partial charge in [-0.25, -0.2) is 0 Å². The Morgan fingerprint density at radius 3 is 2.42 bits per heavy atom. The van der Waals surface area contributed by atoms with E-state index < -0.39 is 0 Å². The minimum atomic E-state index is -0.241. The van der Waals surface area contributed by atoms with Crippen molar-refractivity contribution in [2.24, 2.45) is 17.6 Å². The van der Waals surface area contributed by atoms with Gasteiger partial charge in [0, 0.05) is 18.9 Å². The summed E-state index contributed by atoms with van der Waals surface area (Å²) in [6, 6.07) is 9.95. The van der Waals surface area contributed by atoms with Crippen LogP contribution in [0, 0.1) is 11.8 Å². The predicted octanol–water partition coefficient (Wildman–Crippen LogP) is 1.20. The van der Waals surface area contributed by atoms with E-state index in [2.05, 4.69) is 10.2 Å². The summed E-state index contributed by atoms with van der Waals surface area (Å²) >= 11 is 0. The molecular weight excluding hydrogens is 330 g/mol. The van der Waals surface area contributed by atoms with Crippen LogP contribution >= 0.6 is 0 Å². The van der Waals surface area contributed by atoms with Crippen LogP contribution in [-0.2, 0) is 9.59 Å². The Hall–Kier alpha value is -1.92. The number of carbonyl (C=O) groups is 2. The number of piperidine rings is 1. The van der Waals surface area contributed by atoms with Gasteiger partial charge in [0.1, 0.15) is 0 Å². The zero-order valence-electron chi connectivity index (χ0n) is 15.1. The summed E-state index contributed by atoms with van der Waals surface area (Å²) in [6.45, 7) is 2.34. The lowest BCUT2D eigenvalue weighted by Gasteiger charge is -2.38. The Kier molecular flexibility index (Phi) is 6.27. The van der Waals surface area contributed by atoms with Crippen molar-refractivity contribution in [2.45, 2.75) is 44.2 Å². The van der Waals surface area contributed by atoms with Gasteiger partial charge in [-0.3, -0.25) is 9.59 Å². The number of nitrogens with zero attached hydrogens (tertiary/aromatic N) is 1. The second-order valence-electron chi connectivity index (χ2n) is 7.61. The van der Waals surface area contributed by atoms with Crippen LogP contribution < -0.4 is 11.1 Å². The molecule has 4 N–H and O–H groups in total. The van der Waals surface area contributed by atoms with E-state index in [0.29, 0.717) is 18.9 Å². The molecule has 1 aromatic carbocycles. The van der Waals surface area contributed by atoms with Crippen LogP contribution in [0.1, 0.15) is 43.7 Å². The van der Waals surface area contributed by atoms with Crippen LogP contribution in [0.3, 0.4) is 0 Å². The van der Waals surface area contributed by atoms with Crippen molar-refractivity contribution >= 4 is 11.8 Å². The Morgan fingerprint density at radius 1 is 1.19 bits per heavy atom. The minimum Gasteiger partial charge on any atom is -0.393 e. The Labute approximate surface area is 154 Å². The summed E-state index contributed by atoms with van der Waals surface area (Å²) in [7, 11) is 0. The molecule has 1 aromatic rings. The molecule has 1 aliphatic carbocycles. The number of benzene rings is 1. The molecule has 0 spiro atoms. The molecule has 0 aromatic heterocycles. The zero-order valence-corrected chi connectivity index (χ0v) is 15.1. The van der Waals surface area contributed by atoms with Gasteiger partial charge in [0.2, 0.25) is 11.8 Å². The van der Waals surface area contributed by atoms with Crippen molar-refractivity contribution in [1.82, 2.24) is 10.2 Å². The molecule has 0 unspecified atom stereocenters. The summed E-state index contributed by atoms with van der Waals surface area (Å²) in [5, 5.41) is 12.8. The highest BCUT2D eigenvalue weighted by atomic mass is 16.3. The average molecular weight is 359 g/mol. The monoisotopic (exact) mass is 359 g/mol. The van der Waals surface area contributed by atoms with Crippen LogP contribution in [0.4, 0.5) is 0 Å². The smallest absolute Gasteiger partial charge is 0.221 e. The molecule has 1 aliphatic heterocycles. The van der Waals surface area contributed by atoms with Crippen molar-refractivity contribution in [3.05, 3.63) is 35.9 Å². The van der Waals surface area contributed by atoms with Gasteiger partial charge in [0.05, 0.1) is 12.1 Å². The van der Waals surface area contributed by atoms with Gasteiger partial charge in [-0.2, -0.15) is 0 Å². The predicted molar refractivity (Wildman–Crippen MR) is 99.0 cm³/mol. The number of likely N-dealkylation sites (tertiary alicyclic amines) is 1. The number of hydrogen-bond acceptors (Lipinski definition) is 4. The maximum absolute atomic E-state index is 12.5. The fraction of sp³-hybridized carbons (Fsp3) is 0.600. The number of amides is 2. The van der Waals surface area contributed by atoms with Crippen LogP contribution in [0.2, 0.25) is 0 Å². The lowest BCUT2D eigenvalue weighted by Crippen LogP contribution is -2.43. The van der Waals surface area contributed by atoms with E-state index in [-0.39, 0.29) is 29.9 Å². The lowest BCUT2D eigenvalue weighted by molar-refractivity contribution is -0.125. The normalized spacial score (nSPS) is 25.3. The maximum Gasteiger partial charge on any atom is 0.221 e. The lowest BCUT2D eigenvalue weighted by atomic mass is 9.75. The van der Waals surface area contributed by atoms with Crippen LogP contribution in [-0.4, -0.2) is 47.6 Å². The molecule has 26 heavy (non-hydrogen) atoms. The number of rotatable bonds is 7. The van der Waals surface area contributed by atoms with E-state index in [9.17, 15) is 14.7 Å². The molecule has 2 aliphatic rings. The Morgan fingerprint density at radius 2 is 1.85 bits per heavy atom. The number of hydrogen-bond donors (Lipinski definition) is 3. The fourth-order valence-corrected chi connectivity index (χ4v) is 3.98. The number of aliphatic hydroxyl groups is 1. The van der Waals surface area contributed by atoms with Crippen molar-refractivity contribution in [2.75, 3.05) is 19.6 Å². The van der Waals surface area contributed by atoms with Crippen molar-refractivity contribution in [1.29, 1.82) is 0 Å². The van der Waals surface area contributed by atoms with Crippen LogP contribution in [0.15, 0.2) is 30.3 Å². The fourth-order valence-electron chi connectivity index (χ4n) is 3.98. The standard InChI is InChI=1S/C20H29N3O3/c21-20(26)15-6-9-23(10-7-15)11-8-18(25)22-19(16-12-17(24)13-16)14-4-2-1-3-5-14/h1-5,15-17,19,24H,6-13H2,(H2,21,26)(H,22,25)/t16?,17?,19-/m1/s1. The molecular formula is C20H29N3O3. The summed E-state index contributed by atoms with van der Waals surface area (Å²) in [6.07, 6.45) is 3.24. The third kappa shape index (κ3) is 4.83. The average Bonchev–Trinajstić information content (AvgIpc) is 2.63. The van der Waals surface area contributed by atoms with Gasteiger partial charge < -0.3 is 21.1 Å². The van der Waals surface area contributed by atoms with Crippen molar-refractivity contribution < 1.29 is 14.7 Å². The van der Waals surface area contributed by atoms with E-state index in [1.54, 1.807) is 0 Å². The molecule has 6 heteroatoms. The highest BCUT2D eigenvalue weighted by Gasteiger charge is 2.35. The summed E-state index contributed by atoms with van der Waals surface area (Å²) < 4.78 is 0. The minimum absolute atomic E-state index is 0.0208. The largest absolute Gasteiger partial charge is 0.393 e. The highest BCUT2D eigenvalue weighted by molar-refractivity contribution is 5.77. The zero-order chi connectivity index (χ0) is 18.5. The van der Waals surface area contributed by atoms with E-state index in [1.165, 1.54) is 0 Å². The number of nitrogens with one attached hydrogen (secondary N) is 1. The topological polar surface area (TPSA) is 95.7 Å². The van der Waals surface area contributed by atoms with E-state index in [1.807, 2.05) is 30.3 Å². The number of nitrogens with two attached hydrogens (primary N) is 1. The van der Waals surface area contributed by atoms with Gasteiger partial charge in [0.15, 0.2) is 0 Å². The third-order valence-corrected chi connectivity index (χ3v) is 5.74. The number of carbonyl (C=O) groups excluding carboxylic acids is 2. The molecule has 0 bridgehead atoms. The van der Waals surface area contributed by atoms with Gasteiger partial charge in [0.25, 0.3) is 0 Å². The van der Waals surface area contributed by atoms with Gasteiger partial charge in [-0.15, -0.1) is 0 Å². The molecule has 1 saturated carbocycles. The van der Waals surface area contributed by atoms with E-state index in [0.717, 1.165) is 44.3 Å². The number of aliphatic hydroxyl groups excluding tert-OH is 1. The summed E-state index contributed by atoms with van der Waals surface area (Å²) in [5.41, 5.74) is 6.46. The first-order chi connectivity index (χ1) is 12.5. The van der Waals surface area contributed by atoms with E-state index >= 15 is 0 Å². The molecule has 1 saturated heterocycles. The quantitative estimate of drug-likeness (QED) is 0.682. The molecule has 142 valence electrons. The Bertz CT molecular complexity index is 608. The third-order valence-electron chi connectivity index (χ3n) is 5.74. The molecule has 0 radical (unpaired) electrons. The molecule has 2 amide bonds. The molecule has 6 nitrogen and oxygen atoms in total. The molecule has 2 fully saturated rings. The maximum atomic E-state index is 12.5. The summed E-state index contributed by atoms with van der Waals surface area (Å²) in [5.74, 6) is 0.100. The summed E-state index contributed by atoms with van der Waals surface area (Å²) in [4.78, 5) is 25.9. The molecule has 1 atom stereocenters. The van der Waals surface area contributed by atoms with Crippen LogP contribution in [0.5, 0.6) is 0 Å². The van der Waals surface area contributed by atoms with E-state index in [4.69, 9.17) is 5.73 Å². The highest BCUT2D eigenvalue weighted by Crippen LogP contribution is 2.38.